The van der Waals surface area contributed by atoms with Crippen LogP contribution in [0.3, 0.4) is 0 Å². The standard InChI is InChI=1S/C22H23N3O5S/c1-22(11-30-12-22)10-25(15-8-5-9-31-15)17-16(19(27)20(17)28)23-14-7-4-6-13(18(14)26)21(29)24(2)3/h4-9,23,26H,10-12H2,1-3H3. The molecule has 0 radical (unpaired) electrons. The Hall–Kier alpha value is -3.17. The Balaban J connectivity index is 1.72. The van der Waals surface area contributed by atoms with Crippen molar-refractivity contribution in [1.82, 2.24) is 4.90 Å². The maximum absolute atomic E-state index is 12.6. The van der Waals surface area contributed by atoms with Crippen molar-refractivity contribution in [3.63, 3.8) is 0 Å². The number of carbonyl (C=O) groups excluding carboxylic acids is 1. The van der Waals surface area contributed by atoms with E-state index < -0.39 is 10.9 Å². The van der Waals surface area contributed by atoms with Crippen LogP contribution in [-0.2, 0) is 4.74 Å². The number of ether oxygens (including phenoxy) is 1. The van der Waals surface area contributed by atoms with Crippen molar-refractivity contribution in [2.24, 2.45) is 5.41 Å². The van der Waals surface area contributed by atoms with Crippen LogP contribution in [0.1, 0.15) is 17.3 Å². The summed E-state index contributed by atoms with van der Waals surface area (Å²) < 4.78 is 5.35. The lowest BCUT2D eigenvalue weighted by Crippen LogP contribution is -2.50. The van der Waals surface area contributed by atoms with Crippen LogP contribution in [0.5, 0.6) is 5.75 Å². The highest BCUT2D eigenvalue weighted by Gasteiger charge is 2.39. The van der Waals surface area contributed by atoms with Gasteiger partial charge in [0.05, 0.1) is 29.5 Å². The molecule has 3 aromatic rings. The van der Waals surface area contributed by atoms with Crippen molar-refractivity contribution in [3.05, 3.63) is 61.7 Å². The summed E-state index contributed by atoms with van der Waals surface area (Å²) in [5.74, 6) is -0.647. The van der Waals surface area contributed by atoms with Gasteiger partial charge in [-0.3, -0.25) is 14.4 Å². The molecular weight excluding hydrogens is 418 g/mol. The average Bonchev–Trinajstić information content (AvgIpc) is 3.26. The second kappa shape index (κ2) is 7.82. The number of nitrogens with zero attached hydrogens (tertiary/aromatic N) is 2. The van der Waals surface area contributed by atoms with Crippen molar-refractivity contribution in [2.75, 3.05) is 44.1 Å². The molecule has 0 unspecified atom stereocenters. The molecule has 1 aromatic heterocycles. The minimum Gasteiger partial charge on any atom is -0.505 e. The summed E-state index contributed by atoms with van der Waals surface area (Å²) in [7, 11) is 3.17. The first-order valence-electron chi connectivity index (χ1n) is 9.74. The molecule has 1 saturated heterocycles. The van der Waals surface area contributed by atoms with E-state index >= 15 is 0 Å². The van der Waals surface area contributed by atoms with Crippen LogP contribution in [0.2, 0.25) is 0 Å². The van der Waals surface area contributed by atoms with Gasteiger partial charge in [-0.05, 0) is 29.6 Å². The third-order valence-electron chi connectivity index (χ3n) is 5.30. The van der Waals surface area contributed by atoms with Gasteiger partial charge in [-0.2, -0.15) is 0 Å². The fourth-order valence-electron chi connectivity index (χ4n) is 3.56. The molecule has 2 aromatic carbocycles. The van der Waals surface area contributed by atoms with E-state index in [1.165, 1.54) is 22.3 Å². The minimum atomic E-state index is -0.657. The number of thiophene rings is 1. The maximum atomic E-state index is 12.6. The zero-order chi connectivity index (χ0) is 22.3. The molecule has 0 spiro atoms. The smallest absolute Gasteiger partial charge is 0.257 e. The quantitative estimate of drug-likeness (QED) is 0.430. The molecule has 1 fully saturated rings. The Morgan fingerprint density at radius 3 is 2.52 bits per heavy atom. The molecule has 0 saturated carbocycles. The number of phenolic OH excluding ortho intramolecular Hbond substituents is 1. The monoisotopic (exact) mass is 441 g/mol. The molecule has 2 heterocycles. The Bertz CT molecular complexity index is 1190. The molecule has 1 aliphatic rings. The average molecular weight is 442 g/mol. The van der Waals surface area contributed by atoms with Gasteiger partial charge in [0.1, 0.15) is 11.4 Å². The highest BCUT2D eigenvalue weighted by Crippen LogP contribution is 2.39. The molecule has 0 bridgehead atoms. The first-order chi connectivity index (χ1) is 14.7. The summed E-state index contributed by atoms with van der Waals surface area (Å²) in [5.41, 5.74) is -0.734. The highest BCUT2D eigenvalue weighted by atomic mass is 32.1. The lowest BCUT2D eigenvalue weighted by Gasteiger charge is -2.42. The molecule has 2 N–H and O–H groups in total. The second-order valence-corrected chi connectivity index (χ2v) is 9.18. The molecule has 0 aliphatic carbocycles. The van der Waals surface area contributed by atoms with Crippen molar-refractivity contribution in [2.45, 2.75) is 6.92 Å². The third kappa shape index (κ3) is 3.70. The summed E-state index contributed by atoms with van der Waals surface area (Å²) >= 11 is 1.47. The maximum Gasteiger partial charge on any atom is 0.257 e. The Morgan fingerprint density at radius 1 is 1.19 bits per heavy atom. The number of benzene rings is 1. The van der Waals surface area contributed by atoms with Crippen molar-refractivity contribution in [1.29, 1.82) is 0 Å². The normalized spacial score (nSPS) is 14.8. The van der Waals surface area contributed by atoms with Gasteiger partial charge >= 0.3 is 0 Å². The molecule has 1 amide bonds. The summed E-state index contributed by atoms with van der Waals surface area (Å²) in [6.07, 6.45) is 0. The highest BCUT2D eigenvalue weighted by molar-refractivity contribution is 7.14. The van der Waals surface area contributed by atoms with E-state index in [0.717, 1.165) is 5.00 Å². The van der Waals surface area contributed by atoms with Crippen LogP contribution < -0.4 is 21.1 Å². The second-order valence-electron chi connectivity index (χ2n) is 8.25. The van der Waals surface area contributed by atoms with E-state index in [4.69, 9.17) is 4.74 Å². The van der Waals surface area contributed by atoms with Gasteiger partial charge in [0.15, 0.2) is 5.75 Å². The number of amides is 1. The van der Waals surface area contributed by atoms with Crippen molar-refractivity contribution < 1.29 is 14.6 Å². The van der Waals surface area contributed by atoms with Gasteiger partial charge in [0.25, 0.3) is 16.8 Å². The number of para-hydroxylation sites is 1. The van der Waals surface area contributed by atoms with Gasteiger partial charge < -0.3 is 25.0 Å². The largest absolute Gasteiger partial charge is 0.505 e. The summed E-state index contributed by atoms with van der Waals surface area (Å²) in [6, 6.07) is 8.43. The number of rotatable bonds is 7. The fourth-order valence-corrected chi connectivity index (χ4v) is 4.30. The van der Waals surface area contributed by atoms with Gasteiger partial charge in [0.2, 0.25) is 0 Å². The Kier molecular flexibility index (Phi) is 5.32. The van der Waals surface area contributed by atoms with E-state index in [2.05, 4.69) is 12.2 Å². The first kappa shape index (κ1) is 21.1. The van der Waals surface area contributed by atoms with E-state index in [-0.39, 0.29) is 39.7 Å². The number of carbonyl (C=O) groups is 1. The minimum absolute atomic E-state index is 0.101. The zero-order valence-corrected chi connectivity index (χ0v) is 18.3. The van der Waals surface area contributed by atoms with Crippen molar-refractivity contribution in [3.8, 4) is 5.75 Å². The lowest BCUT2D eigenvalue weighted by molar-refractivity contribution is -0.0946. The van der Waals surface area contributed by atoms with Gasteiger partial charge in [-0.15, -0.1) is 11.3 Å². The van der Waals surface area contributed by atoms with E-state index in [1.807, 2.05) is 22.4 Å². The van der Waals surface area contributed by atoms with Crippen LogP contribution in [0.4, 0.5) is 22.1 Å². The van der Waals surface area contributed by atoms with Crippen LogP contribution in [-0.4, -0.2) is 49.8 Å². The predicted molar refractivity (Wildman–Crippen MR) is 121 cm³/mol. The molecule has 8 nitrogen and oxygen atoms in total. The molecule has 9 heteroatoms. The first-order valence-corrected chi connectivity index (χ1v) is 10.6. The van der Waals surface area contributed by atoms with Gasteiger partial charge in [-0.25, -0.2) is 0 Å². The van der Waals surface area contributed by atoms with E-state index in [9.17, 15) is 19.5 Å². The number of hydrogen-bond donors (Lipinski definition) is 2. The topological polar surface area (TPSA) is 99.2 Å². The van der Waals surface area contributed by atoms with Crippen LogP contribution in [0.15, 0.2) is 45.3 Å². The lowest BCUT2D eigenvalue weighted by atomic mass is 9.87. The van der Waals surface area contributed by atoms with E-state index in [0.29, 0.717) is 19.8 Å². The molecule has 31 heavy (non-hydrogen) atoms. The Morgan fingerprint density at radius 2 is 1.94 bits per heavy atom. The van der Waals surface area contributed by atoms with Crippen molar-refractivity contribution >= 4 is 39.3 Å². The SMILES string of the molecule is CN(C)C(=O)c1cccc(Nc2c(N(CC3(C)COC3)c3cccs3)c(=O)c2=O)c1O. The molecule has 162 valence electrons. The number of aromatic hydroxyl groups is 1. The number of nitrogens with one attached hydrogen (secondary N) is 1. The molecule has 1 aliphatic heterocycles. The number of hydrogen-bond acceptors (Lipinski definition) is 8. The molecule has 4 rings (SSSR count). The predicted octanol–water partition coefficient (Wildman–Crippen LogP) is 2.67. The number of phenols is 1. The van der Waals surface area contributed by atoms with Crippen LogP contribution in [0.25, 0.3) is 0 Å². The summed E-state index contributed by atoms with van der Waals surface area (Å²) in [6.45, 7) is 3.72. The Labute approximate surface area is 183 Å². The van der Waals surface area contributed by atoms with Crippen LogP contribution >= 0.6 is 11.3 Å². The fraction of sp³-hybridized carbons (Fsp3) is 0.318. The van der Waals surface area contributed by atoms with Gasteiger partial charge in [0, 0.05) is 26.1 Å². The third-order valence-corrected chi connectivity index (χ3v) is 6.19. The van der Waals surface area contributed by atoms with Gasteiger partial charge in [-0.1, -0.05) is 13.0 Å². The zero-order valence-electron chi connectivity index (χ0n) is 17.5. The van der Waals surface area contributed by atoms with E-state index in [1.54, 1.807) is 26.2 Å². The molecular formula is C22H23N3O5S. The summed E-state index contributed by atoms with van der Waals surface area (Å²) in [5, 5.41) is 16.3. The van der Waals surface area contributed by atoms with Crippen LogP contribution in [0, 0.1) is 5.41 Å². The number of anilines is 4. The molecule has 0 atom stereocenters. The summed E-state index contributed by atoms with van der Waals surface area (Å²) in [4.78, 5) is 40.6.